The summed E-state index contributed by atoms with van der Waals surface area (Å²) in [7, 11) is 0. The van der Waals surface area contributed by atoms with Gasteiger partial charge in [-0.1, -0.05) is 59.8 Å². The van der Waals surface area contributed by atoms with Gasteiger partial charge in [0.15, 0.2) is 0 Å². The lowest BCUT2D eigenvalue weighted by atomic mass is 9.58. The summed E-state index contributed by atoms with van der Waals surface area (Å²) in [4.78, 5) is 0. The second kappa shape index (κ2) is 5.65. The largest absolute Gasteiger partial charge is 0.0625 e. The Kier molecular flexibility index (Phi) is 4.22. The van der Waals surface area contributed by atoms with E-state index in [9.17, 15) is 0 Å². The summed E-state index contributed by atoms with van der Waals surface area (Å²) < 4.78 is 0. The Balaban J connectivity index is 1.77. The van der Waals surface area contributed by atoms with E-state index in [-0.39, 0.29) is 0 Å². The van der Waals surface area contributed by atoms with Gasteiger partial charge in [0.2, 0.25) is 0 Å². The molecule has 5 atom stereocenters. The second-order valence-corrected chi connectivity index (χ2v) is 9.60. The maximum Gasteiger partial charge on any atom is -0.0352 e. The summed E-state index contributed by atoms with van der Waals surface area (Å²) in [6, 6.07) is 0. The third kappa shape index (κ3) is 2.95. The molecule has 0 saturated heterocycles. The molecule has 0 aromatic heterocycles. The van der Waals surface area contributed by atoms with Crippen LogP contribution >= 0.6 is 0 Å². The van der Waals surface area contributed by atoms with Crippen LogP contribution in [0.3, 0.4) is 0 Å². The molecule has 0 heterocycles. The van der Waals surface area contributed by atoms with Crippen molar-refractivity contribution in [3.05, 3.63) is 0 Å². The van der Waals surface area contributed by atoms with Crippen molar-refractivity contribution >= 4 is 0 Å². The van der Waals surface area contributed by atoms with Gasteiger partial charge in [-0.2, -0.15) is 0 Å². The first kappa shape index (κ1) is 14.9. The highest BCUT2D eigenvalue weighted by atomic mass is 14.5. The summed E-state index contributed by atoms with van der Waals surface area (Å²) in [5.74, 6) is 6.35. The second-order valence-electron chi connectivity index (χ2n) is 9.60. The van der Waals surface area contributed by atoms with Crippen molar-refractivity contribution in [3.63, 3.8) is 0 Å². The van der Waals surface area contributed by atoms with E-state index >= 15 is 0 Å². The number of hydrogen-bond donors (Lipinski definition) is 0. The van der Waals surface area contributed by atoms with E-state index in [2.05, 4.69) is 27.7 Å². The van der Waals surface area contributed by atoms with Crippen molar-refractivity contribution in [3.8, 4) is 0 Å². The molecular weight excluding hydrogens is 240 g/mol. The van der Waals surface area contributed by atoms with Crippen molar-refractivity contribution < 1.29 is 0 Å². The molecule has 0 nitrogen and oxygen atoms in total. The summed E-state index contributed by atoms with van der Waals surface area (Å²) in [6.07, 6.45) is 13.9. The molecule has 0 aromatic rings. The van der Waals surface area contributed by atoms with E-state index in [1.807, 2.05) is 0 Å². The summed E-state index contributed by atoms with van der Waals surface area (Å²) in [6.45, 7) is 10.00. The van der Waals surface area contributed by atoms with Crippen LogP contribution < -0.4 is 0 Å². The highest BCUT2D eigenvalue weighted by Gasteiger charge is 2.47. The molecule has 0 aliphatic heterocycles. The van der Waals surface area contributed by atoms with Gasteiger partial charge in [0.05, 0.1) is 0 Å². The molecule has 0 amide bonds. The quantitative estimate of drug-likeness (QED) is 0.527. The molecule has 0 aromatic carbocycles. The Morgan fingerprint density at radius 3 is 2.00 bits per heavy atom. The third-order valence-corrected chi connectivity index (χ3v) is 7.16. The van der Waals surface area contributed by atoms with Gasteiger partial charge in [-0.25, -0.2) is 0 Å². The van der Waals surface area contributed by atoms with Gasteiger partial charge in [-0.15, -0.1) is 0 Å². The molecule has 0 bridgehead atoms. The molecule has 0 heteroatoms. The lowest BCUT2D eigenvalue weighted by Crippen LogP contribution is -2.39. The van der Waals surface area contributed by atoms with Crippen molar-refractivity contribution in [2.24, 2.45) is 40.9 Å². The topological polar surface area (TPSA) is 0 Å². The molecule has 3 rings (SSSR count). The monoisotopic (exact) mass is 276 g/mol. The van der Waals surface area contributed by atoms with Crippen LogP contribution in [0.1, 0.15) is 85.5 Å². The lowest BCUT2D eigenvalue weighted by molar-refractivity contribution is 0.0231. The van der Waals surface area contributed by atoms with Crippen LogP contribution in [0.15, 0.2) is 0 Å². The van der Waals surface area contributed by atoms with Crippen molar-refractivity contribution in [1.82, 2.24) is 0 Å². The number of fused-ring (bicyclic) bond motifs is 1. The molecule has 20 heavy (non-hydrogen) atoms. The van der Waals surface area contributed by atoms with Gasteiger partial charge in [-0.3, -0.25) is 0 Å². The fourth-order valence-corrected chi connectivity index (χ4v) is 6.02. The van der Waals surface area contributed by atoms with Gasteiger partial charge in [0.25, 0.3) is 0 Å². The number of hydrogen-bond acceptors (Lipinski definition) is 0. The van der Waals surface area contributed by atoms with Gasteiger partial charge in [0, 0.05) is 0 Å². The molecule has 0 radical (unpaired) electrons. The number of rotatable bonds is 1. The highest BCUT2D eigenvalue weighted by molar-refractivity contribution is 4.97. The Bertz CT molecular complexity index is 317. The van der Waals surface area contributed by atoms with Crippen LogP contribution in [0, 0.1) is 40.9 Å². The van der Waals surface area contributed by atoms with Crippen LogP contribution in [-0.4, -0.2) is 0 Å². The Morgan fingerprint density at radius 1 is 0.700 bits per heavy atom. The van der Waals surface area contributed by atoms with Crippen LogP contribution in [0.5, 0.6) is 0 Å². The fourth-order valence-electron chi connectivity index (χ4n) is 6.02. The normalized spacial score (nSPS) is 43.5. The molecule has 0 spiro atoms. The maximum absolute atomic E-state index is 2.52. The minimum absolute atomic E-state index is 0.531. The van der Waals surface area contributed by atoms with Crippen molar-refractivity contribution in [1.29, 1.82) is 0 Å². The summed E-state index contributed by atoms with van der Waals surface area (Å²) >= 11 is 0. The fraction of sp³-hybridized carbons (Fsp3) is 1.00. The van der Waals surface area contributed by atoms with Crippen LogP contribution in [0.2, 0.25) is 0 Å². The van der Waals surface area contributed by atoms with Crippen molar-refractivity contribution in [2.45, 2.75) is 85.5 Å². The minimum atomic E-state index is 0.531. The van der Waals surface area contributed by atoms with Gasteiger partial charge < -0.3 is 0 Å². The summed E-state index contributed by atoms with van der Waals surface area (Å²) in [5, 5.41) is 0. The predicted molar refractivity (Wildman–Crippen MR) is 87.6 cm³/mol. The molecule has 3 fully saturated rings. The molecule has 4 unspecified atom stereocenters. The average Bonchev–Trinajstić information content (AvgIpc) is 2.77. The van der Waals surface area contributed by atoms with E-state index in [0.29, 0.717) is 5.41 Å². The van der Waals surface area contributed by atoms with Gasteiger partial charge >= 0.3 is 0 Å². The smallest absolute Gasteiger partial charge is 0.0352 e. The van der Waals surface area contributed by atoms with Crippen LogP contribution in [0.4, 0.5) is 0 Å². The molecule has 116 valence electrons. The zero-order valence-electron chi connectivity index (χ0n) is 14.3. The molecular formula is C20H36. The van der Waals surface area contributed by atoms with Crippen molar-refractivity contribution in [2.75, 3.05) is 0 Å². The van der Waals surface area contributed by atoms with E-state index in [0.717, 1.165) is 35.5 Å². The molecule has 3 saturated carbocycles. The third-order valence-electron chi connectivity index (χ3n) is 7.16. The average molecular weight is 277 g/mol. The standard InChI is InChI=1S/C20H36/c1-14-10-16-12-17(20(2,3)4)13-19(18(16)11-14)15-8-6-5-7-9-15/h14-19H,5-13H2,1-4H3/t14?,16?,17?,18?,19-/m1/s1. The van der Waals surface area contributed by atoms with E-state index in [4.69, 9.17) is 0 Å². The molecule has 3 aliphatic carbocycles. The Hall–Kier alpha value is 0. The zero-order valence-corrected chi connectivity index (χ0v) is 14.3. The lowest BCUT2D eigenvalue weighted by Gasteiger charge is -2.47. The first-order chi connectivity index (χ1) is 9.45. The van der Waals surface area contributed by atoms with E-state index in [1.54, 1.807) is 38.5 Å². The SMILES string of the molecule is CC1CC2CC(C(C)(C)C)C[C@H](C3CCCCC3)C2C1. The van der Waals surface area contributed by atoms with Crippen LogP contribution in [0.25, 0.3) is 0 Å². The van der Waals surface area contributed by atoms with Crippen LogP contribution in [-0.2, 0) is 0 Å². The van der Waals surface area contributed by atoms with Gasteiger partial charge in [0.1, 0.15) is 0 Å². The first-order valence-electron chi connectivity index (χ1n) is 9.45. The Morgan fingerprint density at radius 2 is 1.35 bits per heavy atom. The highest BCUT2D eigenvalue weighted by Crippen LogP contribution is 2.56. The van der Waals surface area contributed by atoms with Gasteiger partial charge in [-0.05, 0) is 66.6 Å². The molecule has 0 N–H and O–H groups in total. The van der Waals surface area contributed by atoms with E-state index < -0.39 is 0 Å². The Labute approximate surface area is 127 Å². The minimum Gasteiger partial charge on any atom is -0.0625 e. The molecule has 3 aliphatic rings. The van der Waals surface area contributed by atoms with E-state index in [1.165, 1.54) is 19.3 Å². The first-order valence-corrected chi connectivity index (χ1v) is 9.45. The summed E-state index contributed by atoms with van der Waals surface area (Å²) in [5.41, 5.74) is 0.531. The zero-order chi connectivity index (χ0) is 14.3. The maximum atomic E-state index is 2.52. The predicted octanol–water partition coefficient (Wildman–Crippen LogP) is 6.30.